The summed E-state index contributed by atoms with van der Waals surface area (Å²) in [5.41, 5.74) is 7.89. The van der Waals surface area contributed by atoms with Crippen molar-refractivity contribution < 1.29 is 4.42 Å². The van der Waals surface area contributed by atoms with Crippen LogP contribution < -0.4 is 0 Å². The quantitative estimate of drug-likeness (QED) is 0.479. The van der Waals surface area contributed by atoms with Gasteiger partial charge in [0.25, 0.3) is 0 Å². The van der Waals surface area contributed by atoms with Crippen LogP contribution in [0.15, 0.2) is 35.2 Å². The van der Waals surface area contributed by atoms with Gasteiger partial charge in [-0.25, -0.2) is 14.6 Å². The van der Waals surface area contributed by atoms with Crippen LogP contribution in [-0.4, -0.2) is 29.5 Å². The molecule has 0 spiro atoms. The molecular formula is C20H20N6O. The normalized spacial score (nSPS) is 12.6. The van der Waals surface area contributed by atoms with E-state index in [1.54, 1.807) is 6.26 Å². The zero-order valence-electron chi connectivity index (χ0n) is 15.8. The molecule has 0 aliphatic carbocycles. The highest BCUT2D eigenvalue weighted by molar-refractivity contribution is 5.62. The maximum absolute atomic E-state index is 5.76. The number of oxazole rings is 1. The number of benzene rings is 1. The minimum Gasteiger partial charge on any atom is -0.443 e. The SMILES string of the molecule is Cc1ccc2c(c1)-n1nnc(C)c1Cc1c(-c3nc(C(C)C)co3)ncn1-2. The van der Waals surface area contributed by atoms with Crippen molar-refractivity contribution in [3.05, 3.63) is 59.1 Å². The molecule has 7 heteroatoms. The Balaban J connectivity index is 1.76. The zero-order valence-corrected chi connectivity index (χ0v) is 15.8. The van der Waals surface area contributed by atoms with E-state index in [2.05, 4.69) is 63.8 Å². The van der Waals surface area contributed by atoms with Gasteiger partial charge in [-0.15, -0.1) is 5.10 Å². The molecule has 1 aliphatic rings. The maximum atomic E-state index is 5.76. The standard InChI is InChI=1S/C20H20N6O/c1-11(2)14-9-27-20(22-14)19-18-8-16-13(4)23-24-26(16)17-7-12(3)5-6-15(17)25(18)10-21-19/h5-7,9-11H,8H2,1-4H3. The molecule has 0 radical (unpaired) electrons. The van der Waals surface area contributed by atoms with Gasteiger partial charge in [0.15, 0.2) is 0 Å². The van der Waals surface area contributed by atoms with Crippen LogP contribution in [0.2, 0.25) is 0 Å². The fourth-order valence-corrected chi connectivity index (χ4v) is 3.53. The molecule has 0 fully saturated rings. The zero-order chi connectivity index (χ0) is 18.7. The fraction of sp³-hybridized carbons (Fsp3) is 0.300. The van der Waals surface area contributed by atoms with E-state index in [-0.39, 0.29) is 0 Å². The number of hydrogen-bond acceptors (Lipinski definition) is 5. The Labute approximate surface area is 156 Å². The minimum atomic E-state index is 0.306. The molecule has 1 aliphatic heterocycles. The van der Waals surface area contributed by atoms with E-state index < -0.39 is 0 Å². The Morgan fingerprint density at radius 2 is 1.96 bits per heavy atom. The molecule has 1 aromatic carbocycles. The molecule has 136 valence electrons. The van der Waals surface area contributed by atoms with Crippen LogP contribution in [0.25, 0.3) is 23.0 Å². The first kappa shape index (κ1) is 16.0. The summed E-state index contributed by atoms with van der Waals surface area (Å²) < 4.78 is 9.80. The van der Waals surface area contributed by atoms with Crippen LogP contribution in [0.4, 0.5) is 0 Å². The van der Waals surface area contributed by atoms with Gasteiger partial charge in [-0.05, 0) is 37.5 Å². The van der Waals surface area contributed by atoms with Crippen molar-refractivity contribution in [2.45, 2.75) is 40.0 Å². The number of aryl methyl sites for hydroxylation is 2. The topological polar surface area (TPSA) is 74.6 Å². The van der Waals surface area contributed by atoms with Crippen molar-refractivity contribution in [1.29, 1.82) is 0 Å². The van der Waals surface area contributed by atoms with Gasteiger partial charge in [0, 0.05) is 6.42 Å². The monoisotopic (exact) mass is 360 g/mol. The predicted molar refractivity (Wildman–Crippen MR) is 100 cm³/mol. The largest absolute Gasteiger partial charge is 0.443 e. The molecule has 0 saturated carbocycles. The molecule has 0 amide bonds. The summed E-state index contributed by atoms with van der Waals surface area (Å²) in [5, 5.41) is 8.68. The van der Waals surface area contributed by atoms with Gasteiger partial charge in [0.2, 0.25) is 5.89 Å². The Morgan fingerprint density at radius 3 is 2.74 bits per heavy atom. The summed E-state index contributed by atoms with van der Waals surface area (Å²) in [5.74, 6) is 0.861. The average molecular weight is 360 g/mol. The second-order valence-corrected chi connectivity index (χ2v) is 7.34. The van der Waals surface area contributed by atoms with E-state index >= 15 is 0 Å². The first-order valence-corrected chi connectivity index (χ1v) is 9.07. The van der Waals surface area contributed by atoms with Gasteiger partial charge in [-0.3, -0.25) is 4.57 Å². The van der Waals surface area contributed by atoms with Crippen molar-refractivity contribution in [3.8, 4) is 23.0 Å². The molecule has 5 rings (SSSR count). The van der Waals surface area contributed by atoms with Gasteiger partial charge >= 0.3 is 0 Å². The second kappa shape index (κ2) is 5.64. The van der Waals surface area contributed by atoms with Gasteiger partial charge in [0.1, 0.15) is 18.3 Å². The van der Waals surface area contributed by atoms with Crippen LogP contribution in [-0.2, 0) is 6.42 Å². The number of imidazole rings is 1. The van der Waals surface area contributed by atoms with Crippen molar-refractivity contribution in [2.24, 2.45) is 0 Å². The lowest BCUT2D eigenvalue weighted by Crippen LogP contribution is -2.03. The predicted octanol–water partition coefficient (Wildman–Crippen LogP) is 3.75. The number of nitrogens with zero attached hydrogens (tertiary/aromatic N) is 6. The van der Waals surface area contributed by atoms with Crippen LogP contribution in [0, 0.1) is 13.8 Å². The summed E-state index contributed by atoms with van der Waals surface area (Å²) in [4.78, 5) is 9.29. The third-order valence-electron chi connectivity index (χ3n) is 5.09. The van der Waals surface area contributed by atoms with Crippen molar-refractivity contribution in [1.82, 2.24) is 29.5 Å². The van der Waals surface area contributed by atoms with Crippen molar-refractivity contribution in [3.63, 3.8) is 0 Å². The Kier molecular flexibility index (Phi) is 3.34. The Hall–Kier alpha value is -3.22. The third kappa shape index (κ3) is 2.34. The lowest BCUT2D eigenvalue weighted by Gasteiger charge is -2.10. The highest BCUT2D eigenvalue weighted by atomic mass is 16.3. The van der Waals surface area contributed by atoms with E-state index in [9.17, 15) is 0 Å². The average Bonchev–Trinajstić information content (AvgIpc) is 3.33. The number of rotatable bonds is 2. The van der Waals surface area contributed by atoms with Crippen LogP contribution in [0.5, 0.6) is 0 Å². The van der Waals surface area contributed by atoms with E-state index in [1.165, 1.54) is 5.56 Å². The van der Waals surface area contributed by atoms with Gasteiger partial charge < -0.3 is 4.42 Å². The fourth-order valence-electron chi connectivity index (χ4n) is 3.53. The minimum absolute atomic E-state index is 0.306. The van der Waals surface area contributed by atoms with Crippen LogP contribution in [0.3, 0.4) is 0 Å². The first-order chi connectivity index (χ1) is 13.0. The molecule has 3 aromatic heterocycles. The smallest absolute Gasteiger partial charge is 0.247 e. The maximum Gasteiger partial charge on any atom is 0.247 e. The van der Waals surface area contributed by atoms with E-state index in [0.717, 1.165) is 39.8 Å². The summed E-state index contributed by atoms with van der Waals surface area (Å²) in [6.45, 7) is 8.26. The molecule has 27 heavy (non-hydrogen) atoms. The Bertz CT molecular complexity index is 1160. The van der Waals surface area contributed by atoms with Gasteiger partial charge in [-0.2, -0.15) is 0 Å². The summed E-state index contributed by atoms with van der Waals surface area (Å²) >= 11 is 0. The summed E-state index contributed by atoms with van der Waals surface area (Å²) in [7, 11) is 0. The molecule has 0 N–H and O–H groups in total. The number of fused-ring (bicyclic) bond motifs is 5. The number of hydrogen-bond donors (Lipinski definition) is 0. The van der Waals surface area contributed by atoms with Crippen molar-refractivity contribution in [2.75, 3.05) is 0 Å². The molecule has 0 atom stereocenters. The molecular weight excluding hydrogens is 340 g/mol. The van der Waals surface area contributed by atoms with Crippen LogP contribution in [0.1, 0.15) is 48.1 Å². The molecule has 0 saturated heterocycles. The van der Waals surface area contributed by atoms with Gasteiger partial charge in [-0.1, -0.05) is 25.1 Å². The number of aromatic nitrogens is 6. The second-order valence-electron chi connectivity index (χ2n) is 7.34. The molecule has 0 bridgehead atoms. The molecule has 4 aromatic rings. The lowest BCUT2D eigenvalue weighted by molar-refractivity contribution is 0.568. The van der Waals surface area contributed by atoms with Gasteiger partial charge in [0.05, 0.1) is 34.2 Å². The molecule has 4 heterocycles. The Morgan fingerprint density at radius 1 is 1.11 bits per heavy atom. The van der Waals surface area contributed by atoms with E-state index in [0.29, 0.717) is 18.2 Å². The molecule has 7 nitrogen and oxygen atoms in total. The highest BCUT2D eigenvalue weighted by Gasteiger charge is 2.27. The van der Waals surface area contributed by atoms with Crippen molar-refractivity contribution >= 4 is 0 Å². The first-order valence-electron chi connectivity index (χ1n) is 9.07. The van der Waals surface area contributed by atoms with E-state index in [1.807, 2.05) is 17.9 Å². The summed E-state index contributed by atoms with van der Waals surface area (Å²) in [6.07, 6.45) is 4.21. The highest BCUT2D eigenvalue weighted by Crippen LogP contribution is 2.33. The molecule has 0 unspecified atom stereocenters. The van der Waals surface area contributed by atoms with E-state index in [4.69, 9.17) is 4.42 Å². The van der Waals surface area contributed by atoms with Crippen LogP contribution >= 0.6 is 0 Å². The third-order valence-corrected chi connectivity index (χ3v) is 5.09. The lowest BCUT2D eigenvalue weighted by atomic mass is 10.1. The summed E-state index contributed by atoms with van der Waals surface area (Å²) in [6, 6.07) is 6.32.